The first-order chi connectivity index (χ1) is 9.88. The summed E-state index contributed by atoms with van der Waals surface area (Å²) in [5, 5.41) is 2.87. The number of carbonyl (C=O) groups is 1. The molecular formula is C16H26N2O2S. The lowest BCUT2D eigenvalue weighted by atomic mass is 10.1. The molecule has 0 saturated heterocycles. The highest BCUT2D eigenvalue weighted by molar-refractivity contribution is 7.84. The SMILES string of the molecule is Cc1cc(N)ccc1NC(=O)CCCS(=O)CCC(C)C. The van der Waals surface area contributed by atoms with Crippen molar-refractivity contribution in [3.05, 3.63) is 23.8 Å². The van der Waals surface area contributed by atoms with Crippen LogP contribution in [0.4, 0.5) is 11.4 Å². The molecule has 1 rings (SSSR count). The van der Waals surface area contributed by atoms with Crippen molar-refractivity contribution in [1.82, 2.24) is 0 Å². The van der Waals surface area contributed by atoms with Gasteiger partial charge in [-0.15, -0.1) is 0 Å². The Morgan fingerprint density at radius 1 is 1.33 bits per heavy atom. The number of nitrogen functional groups attached to an aromatic ring is 1. The summed E-state index contributed by atoms with van der Waals surface area (Å²) < 4.78 is 11.7. The fourth-order valence-corrected chi connectivity index (χ4v) is 3.31. The van der Waals surface area contributed by atoms with E-state index in [1.54, 1.807) is 6.07 Å². The van der Waals surface area contributed by atoms with E-state index in [9.17, 15) is 9.00 Å². The van der Waals surface area contributed by atoms with E-state index in [-0.39, 0.29) is 5.91 Å². The molecule has 1 amide bonds. The number of nitrogens with one attached hydrogen (secondary N) is 1. The van der Waals surface area contributed by atoms with E-state index >= 15 is 0 Å². The zero-order chi connectivity index (χ0) is 15.8. The molecule has 0 bridgehead atoms. The molecule has 0 fully saturated rings. The fourth-order valence-electron chi connectivity index (χ4n) is 1.90. The Balaban J connectivity index is 2.29. The lowest BCUT2D eigenvalue weighted by Gasteiger charge is -2.09. The van der Waals surface area contributed by atoms with Crippen LogP contribution in [0.2, 0.25) is 0 Å². The average molecular weight is 310 g/mol. The molecule has 0 aliphatic carbocycles. The number of benzene rings is 1. The molecule has 1 aromatic rings. The fraction of sp³-hybridized carbons (Fsp3) is 0.562. The molecule has 3 N–H and O–H groups in total. The van der Waals surface area contributed by atoms with E-state index in [0.29, 0.717) is 30.2 Å². The number of anilines is 2. The molecule has 21 heavy (non-hydrogen) atoms. The van der Waals surface area contributed by atoms with Crippen molar-refractivity contribution in [3.8, 4) is 0 Å². The molecule has 0 spiro atoms. The molecule has 0 aliphatic heterocycles. The minimum absolute atomic E-state index is 0.0382. The maximum atomic E-state index is 11.9. The second-order valence-electron chi connectivity index (χ2n) is 5.76. The van der Waals surface area contributed by atoms with Gasteiger partial charge >= 0.3 is 0 Å². The number of rotatable bonds is 8. The third-order valence-corrected chi connectivity index (χ3v) is 4.66. The monoisotopic (exact) mass is 310 g/mol. The van der Waals surface area contributed by atoms with Gasteiger partial charge in [-0.1, -0.05) is 13.8 Å². The molecule has 0 heterocycles. The Hall–Kier alpha value is -1.36. The van der Waals surface area contributed by atoms with Gasteiger partial charge in [0.05, 0.1) is 0 Å². The first-order valence-corrected chi connectivity index (χ1v) is 8.88. The van der Waals surface area contributed by atoms with E-state index in [4.69, 9.17) is 5.73 Å². The van der Waals surface area contributed by atoms with Gasteiger partial charge in [-0.2, -0.15) is 0 Å². The maximum Gasteiger partial charge on any atom is 0.224 e. The number of hydrogen-bond acceptors (Lipinski definition) is 3. The molecule has 1 unspecified atom stereocenters. The molecule has 1 aromatic carbocycles. The number of amides is 1. The predicted molar refractivity (Wildman–Crippen MR) is 90.8 cm³/mol. The van der Waals surface area contributed by atoms with E-state index in [1.165, 1.54) is 0 Å². The topological polar surface area (TPSA) is 72.2 Å². The molecule has 4 nitrogen and oxygen atoms in total. The van der Waals surface area contributed by atoms with Gasteiger partial charge in [0.25, 0.3) is 0 Å². The van der Waals surface area contributed by atoms with Crippen molar-refractivity contribution >= 4 is 28.1 Å². The Kier molecular flexibility index (Phi) is 7.43. The summed E-state index contributed by atoms with van der Waals surface area (Å²) in [7, 11) is -0.808. The van der Waals surface area contributed by atoms with Gasteiger partial charge < -0.3 is 11.1 Å². The minimum atomic E-state index is -0.808. The molecule has 0 radical (unpaired) electrons. The highest BCUT2D eigenvalue weighted by Gasteiger charge is 2.07. The lowest BCUT2D eigenvalue weighted by molar-refractivity contribution is -0.116. The normalized spacial score (nSPS) is 12.4. The lowest BCUT2D eigenvalue weighted by Crippen LogP contribution is -2.14. The molecule has 0 aromatic heterocycles. The van der Waals surface area contributed by atoms with Gasteiger partial charge in [0.2, 0.25) is 5.91 Å². The van der Waals surface area contributed by atoms with Crippen molar-refractivity contribution in [2.75, 3.05) is 22.6 Å². The summed E-state index contributed by atoms with van der Waals surface area (Å²) in [6.07, 6.45) is 2.03. The van der Waals surface area contributed by atoms with Crippen LogP contribution in [-0.4, -0.2) is 21.6 Å². The second-order valence-corrected chi connectivity index (χ2v) is 7.45. The van der Waals surface area contributed by atoms with Crippen LogP contribution in [0, 0.1) is 12.8 Å². The Morgan fingerprint density at radius 3 is 2.67 bits per heavy atom. The maximum absolute atomic E-state index is 11.9. The zero-order valence-electron chi connectivity index (χ0n) is 13.1. The average Bonchev–Trinajstić information content (AvgIpc) is 2.39. The minimum Gasteiger partial charge on any atom is -0.399 e. The molecule has 118 valence electrons. The van der Waals surface area contributed by atoms with Gasteiger partial charge in [-0.3, -0.25) is 9.00 Å². The highest BCUT2D eigenvalue weighted by Crippen LogP contribution is 2.17. The summed E-state index contributed by atoms with van der Waals surface area (Å²) in [6, 6.07) is 5.41. The number of nitrogens with two attached hydrogens (primary N) is 1. The van der Waals surface area contributed by atoms with Crippen LogP contribution < -0.4 is 11.1 Å². The standard InChI is InChI=1S/C16H26N2O2S/c1-12(2)8-10-21(20)9-4-5-16(19)18-15-7-6-14(17)11-13(15)3/h6-7,11-12H,4-5,8-10,17H2,1-3H3,(H,18,19). The predicted octanol–water partition coefficient (Wildman–Crippen LogP) is 3.09. The summed E-state index contributed by atoms with van der Waals surface area (Å²) in [5.41, 5.74) is 8.10. The van der Waals surface area contributed by atoms with Crippen molar-refractivity contribution in [1.29, 1.82) is 0 Å². The van der Waals surface area contributed by atoms with Crippen molar-refractivity contribution in [3.63, 3.8) is 0 Å². The quantitative estimate of drug-likeness (QED) is 0.725. The Bertz CT molecular complexity index is 501. The highest BCUT2D eigenvalue weighted by atomic mass is 32.2. The number of carbonyl (C=O) groups excluding carboxylic acids is 1. The molecular weight excluding hydrogens is 284 g/mol. The largest absolute Gasteiger partial charge is 0.399 e. The zero-order valence-corrected chi connectivity index (χ0v) is 14.0. The van der Waals surface area contributed by atoms with E-state index < -0.39 is 10.8 Å². The Morgan fingerprint density at radius 2 is 2.05 bits per heavy atom. The van der Waals surface area contributed by atoms with Crippen LogP contribution >= 0.6 is 0 Å². The van der Waals surface area contributed by atoms with Gasteiger partial charge in [0.15, 0.2) is 0 Å². The van der Waals surface area contributed by atoms with E-state index in [2.05, 4.69) is 19.2 Å². The third kappa shape index (κ3) is 7.27. The Labute approximate surface area is 130 Å². The van der Waals surface area contributed by atoms with E-state index in [1.807, 2.05) is 19.1 Å². The molecule has 1 atom stereocenters. The van der Waals surface area contributed by atoms with Crippen LogP contribution in [0.15, 0.2) is 18.2 Å². The van der Waals surface area contributed by atoms with Gasteiger partial charge in [0, 0.05) is 40.1 Å². The molecule has 0 saturated carbocycles. The third-order valence-electron chi connectivity index (χ3n) is 3.22. The van der Waals surface area contributed by atoms with Crippen LogP contribution in [0.3, 0.4) is 0 Å². The van der Waals surface area contributed by atoms with Gasteiger partial charge in [0.1, 0.15) is 0 Å². The first kappa shape index (κ1) is 17.7. The van der Waals surface area contributed by atoms with Gasteiger partial charge in [-0.05, 0) is 49.4 Å². The second kappa shape index (κ2) is 8.82. The van der Waals surface area contributed by atoms with E-state index in [0.717, 1.165) is 23.4 Å². The van der Waals surface area contributed by atoms with Crippen LogP contribution in [0.1, 0.15) is 38.7 Å². The molecule has 5 heteroatoms. The summed E-state index contributed by atoms with van der Waals surface area (Å²) in [5.74, 6) is 1.87. The van der Waals surface area contributed by atoms with Crippen molar-refractivity contribution in [2.24, 2.45) is 5.92 Å². The van der Waals surface area contributed by atoms with Crippen molar-refractivity contribution in [2.45, 2.75) is 40.0 Å². The van der Waals surface area contributed by atoms with Crippen molar-refractivity contribution < 1.29 is 9.00 Å². The summed E-state index contributed by atoms with van der Waals surface area (Å²) in [6.45, 7) is 6.16. The van der Waals surface area contributed by atoms with Gasteiger partial charge in [-0.25, -0.2) is 0 Å². The van der Waals surface area contributed by atoms with Crippen LogP contribution in [0.5, 0.6) is 0 Å². The summed E-state index contributed by atoms with van der Waals surface area (Å²) >= 11 is 0. The number of hydrogen-bond donors (Lipinski definition) is 2. The number of aryl methyl sites for hydroxylation is 1. The van der Waals surface area contributed by atoms with Crippen LogP contribution in [-0.2, 0) is 15.6 Å². The molecule has 0 aliphatic rings. The van der Waals surface area contributed by atoms with Crippen LogP contribution in [0.25, 0.3) is 0 Å². The smallest absolute Gasteiger partial charge is 0.224 e. The first-order valence-electron chi connectivity index (χ1n) is 7.39. The summed E-state index contributed by atoms with van der Waals surface area (Å²) in [4.78, 5) is 11.9.